The molecule has 0 radical (unpaired) electrons. The average molecular weight is 398 g/mol. The lowest BCUT2D eigenvalue weighted by atomic mass is 9.84. The second-order valence-electron chi connectivity index (χ2n) is 9.10. The van der Waals surface area contributed by atoms with Crippen molar-refractivity contribution in [1.29, 1.82) is 0 Å². The van der Waals surface area contributed by atoms with Gasteiger partial charge in [0.05, 0.1) is 0 Å². The zero-order valence-electron chi connectivity index (χ0n) is 18.0. The van der Waals surface area contributed by atoms with E-state index >= 15 is 0 Å². The standard InChI is InChI=1S/C24H35N3O2/c1-18-17-21(19(2)27(18)22-9-4-3-5-10-22)11-12-23(28)25-13-15-26(16-14-25)24(29)20-7-6-8-20/h11-12,17,20,22H,3-10,13-16H2,1-2H3/b12-11+. The number of amides is 2. The number of hydrogen-bond acceptors (Lipinski definition) is 2. The van der Waals surface area contributed by atoms with Crippen LogP contribution in [0.3, 0.4) is 0 Å². The van der Waals surface area contributed by atoms with Crippen molar-refractivity contribution in [2.24, 2.45) is 5.92 Å². The van der Waals surface area contributed by atoms with Crippen molar-refractivity contribution >= 4 is 17.9 Å². The maximum atomic E-state index is 12.7. The zero-order chi connectivity index (χ0) is 20.4. The van der Waals surface area contributed by atoms with E-state index in [1.807, 2.05) is 15.9 Å². The predicted octanol–water partition coefficient (Wildman–Crippen LogP) is 4.09. The number of aryl methyl sites for hydroxylation is 1. The van der Waals surface area contributed by atoms with Crippen molar-refractivity contribution in [1.82, 2.24) is 14.4 Å². The van der Waals surface area contributed by atoms with E-state index in [0.717, 1.165) is 18.4 Å². The fourth-order valence-electron chi connectivity index (χ4n) is 5.20. The molecule has 1 aromatic rings. The van der Waals surface area contributed by atoms with Crippen LogP contribution < -0.4 is 0 Å². The molecule has 3 aliphatic rings. The molecule has 5 nitrogen and oxygen atoms in total. The maximum Gasteiger partial charge on any atom is 0.246 e. The maximum absolute atomic E-state index is 12.7. The largest absolute Gasteiger partial charge is 0.346 e. The molecule has 0 spiro atoms. The highest BCUT2D eigenvalue weighted by atomic mass is 16.2. The molecule has 4 rings (SSSR count). The van der Waals surface area contributed by atoms with Gasteiger partial charge in [0.1, 0.15) is 0 Å². The lowest BCUT2D eigenvalue weighted by molar-refractivity contribution is -0.142. The van der Waals surface area contributed by atoms with Crippen molar-refractivity contribution < 1.29 is 9.59 Å². The van der Waals surface area contributed by atoms with E-state index in [1.165, 1.54) is 49.9 Å². The van der Waals surface area contributed by atoms with Gasteiger partial charge >= 0.3 is 0 Å². The fraction of sp³-hybridized carbons (Fsp3) is 0.667. The van der Waals surface area contributed by atoms with Crippen LogP contribution in [0.15, 0.2) is 12.1 Å². The monoisotopic (exact) mass is 397 g/mol. The second kappa shape index (κ2) is 8.76. The molecule has 1 aromatic heterocycles. The summed E-state index contributed by atoms with van der Waals surface area (Å²) in [5.74, 6) is 0.605. The van der Waals surface area contributed by atoms with Crippen LogP contribution in [-0.4, -0.2) is 52.4 Å². The fourth-order valence-corrected chi connectivity index (χ4v) is 5.20. The van der Waals surface area contributed by atoms with Gasteiger partial charge < -0.3 is 14.4 Å². The number of carbonyl (C=O) groups is 2. The lowest BCUT2D eigenvalue weighted by Gasteiger charge is -2.37. The molecule has 5 heteroatoms. The Morgan fingerprint density at radius 3 is 2.17 bits per heavy atom. The van der Waals surface area contributed by atoms with Crippen molar-refractivity contribution in [3.05, 3.63) is 29.1 Å². The Labute approximate surface area is 174 Å². The number of piperazine rings is 1. The van der Waals surface area contributed by atoms with Gasteiger partial charge in [-0.3, -0.25) is 9.59 Å². The molecule has 29 heavy (non-hydrogen) atoms. The summed E-state index contributed by atoms with van der Waals surface area (Å²) in [4.78, 5) is 28.9. The molecule has 0 N–H and O–H groups in total. The summed E-state index contributed by atoms with van der Waals surface area (Å²) in [6.07, 6.45) is 13.5. The topological polar surface area (TPSA) is 45.6 Å². The summed E-state index contributed by atoms with van der Waals surface area (Å²) >= 11 is 0. The molecule has 1 saturated heterocycles. The Balaban J connectivity index is 1.34. The van der Waals surface area contributed by atoms with Crippen LogP contribution in [0.1, 0.15) is 74.4 Å². The minimum absolute atomic E-state index is 0.0585. The van der Waals surface area contributed by atoms with Gasteiger partial charge in [0, 0.05) is 55.6 Å². The molecule has 2 amide bonds. The first-order chi connectivity index (χ1) is 14.0. The van der Waals surface area contributed by atoms with E-state index in [4.69, 9.17) is 0 Å². The van der Waals surface area contributed by atoms with Gasteiger partial charge in [0.2, 0.25) is 11.8 Å². The Kier molecular flexibility index (Phi) is 6.12. The number of nitrogens with zero attached hydrogens (tertiary/aromatic N) is 3. The average Bonchev–Trinajstić information content (AvgIpc) is 2.98. The smallest absolute Gasteiger partial charge is 0.246 e. The molecule has 0 bridgehead atoms. The van der Waals surface area contributed by atoms with E-state index < -0.39 is 0 Å². The van der Waals surface area contributed by atoms with Crippen LogP contribution >= 0.6 is 0 Å². The number of aromatic nitrogens is 1. The normalized spacial score (nSPS) is 21.6. The first kappa shape index (κ1) is 20.2. The summed E-state index contributed by atoms with van der Waals surface area (Å²) in [5.41, 5.74) is 3.72. The van der Waals surface area contributed by atoms with Crippen LogP contribution in [0.5, 0.6) is 0 Å². The van der Waals surface area contributed by atoms with Crippen molar-refractivity contribution in [2.45, 2.75) is 71.3 Å². The third-order valence-electron chi connectivity index (χ3n) is 7.23. The molecule has 2 saturated carbocycles. The van der Waals surface area contributed by atoms with Crippen molar-refractivity contribution in [3.8, 4) is 0 Å². The summed E-state index contributed by atoms with van der Waals surface area (Å²) in [6.45, 7) is 6.98. The van der Waals surface area contributed by atoms with Gasteiger partial charge in [-0.1, -0.05) is 25.7 Å². The van der Waals surface area contributed by atoms with Crippen LogP contribution in [0.4, 0.5) is 0 Å². The third-order valence-corrected chi connectivity index (χ3v) is 7.23. The van der Waals surface area contributed by atoms with Gasteiger partial charge in [-0.25, -0.2) is 0 Å². The summed E-state index contributed by atoms with van der Waals surface area (Å²) in [5, 5.41) is 0. The Hall–Kier alpha value is -2.04. The summed E-state index contributed by atoms with van der Waals surface area (Å²) in [6, 6.07) is 2.83. The summed E-state index contributed by atoms with van der Waals surface area (Å²) in [7, 11) is 0. The molecule has 0 aromatic carbocycles. The van der Waals surface area contributed by atoms with Crippen LogP contribution in [-0.2, 0) is 9.59 Å². The third kappa shape index (κ3) is 4.29. The summed E-state index contributed by atoms with van der Waals surface area (Å²) < 4.78 is 2.48. The Bertz CT molecular complexity index is 776. The van der Waals surface area contributed by atoms with Crippen LogP contribution in [0.2, 0.25) is 0 Å². The van der Waals surface area contributed by atoms with E-state index in [2.05, 4.69) is 24.5 Å². The van der Waals surface area contributed by atoms with Crippen molar-refractivity contribution in [3.63, 3.8) is 0 Å². The molecule has 3 fully saturated rings. The van der Waals surface area contributed by atoms with Gasteiger partial charge in [0.25, 0.3) is 0 Å². The molecule has 158 valence electrons. The lowest BCUT2D eigenvalue weighted by Crippen LogP contribution is -2.52. The van der Waals surface area contributed by atoms with Gasteiger partial charge in [-0.15, -0.1) is 0 Å². The van der Waals surface area contributed by atoms with Gasteiger partial charge in [-0.05, 0) is 57.2 Å². The van der Waals surface area contributed by atoms with E-state index in [-0.39, 0.29) is 11.8 Å². The molecular weight excluding hydrogens is 362 g/mol. The van der Waals surface area contributed by atoms with Crippen LogP contribution in [0, 0.1) is 19.8 Å². The molecule has 2 heterocycles. The Morgan fingerprint density at radius 1 is 0.897 bits per heavy atom. The van der Waals surface area contributed by atoms with Gasteiger partial charge in [0.15, 0.2) is 0 Å². The van der Waals surface area contributed by atoms with Gasteiger partial charge in [-0.2, -0.15) is 0 Å². The Morgan fingerprint density at radius 2 is 1.55 bits per heavy atom. The number of hydrogen-bond donors (Lipinski definition) is 0. The predicted molar refractivity (Wildman–Crippen MR) is 116 cm³/mol. The molecular formula is C24H35N3O2. The zero-order valence-corrected chi connectivity index (χ0v) is 18.0. The number of rotatable bonds is 4. The van der Waals surface area contributed by atoms with Crippen molar-refractivity contribution in [2.75, 3.05) is 26.2 Å². The highest BCUT2D eigenvalue weighted by Crippen LogP contribution is 2.32. The minimum atomic E-state index is 0.0585. The van der Waals surface area contributed by atoms with E-state index in [1.54, 1.807) is 6.08 Å². The minimum Gasteiger partial charge on any atom is -0.346 e. The molecule has 0 atom stereocenters. The molecule has 1 aliphatic heterocycles. The van der Waals surface area contributed by atoms with Crippen LogP contribution in [0.25, 0.3) is 6.08 Å². The first-order valence-electron chi connectivity index (χ1n) is 11.5. The van der Waals surface area contributed by atoms with E-state index in [9.17, 15) is 9.59 Å². The quantitative estimate of drug-likeness (QED) is 0.718. The molecule has 2 aliphatic carbocycles. The molecule has 0 unspecified atom stereocenters. The highest BCUT2D eigenvalue weighted by molar-refractivity contribution is 5.92. The second-order valence-corrected chi connectivity index (χ2v) is 9.10. The van der Waals surface area contributed by atoms with E-state index in [0.29, 0.717) is 38.1 Å². The first-order valence-corrected chi connectivity index (χ1v) is 11.5. The SMILES string of the molecule is Cc1cc(/C=C/C(=O)N2CCN(C(=O)C3CCC3)CC2)c(C)n1C1CCCCC1. The number of carbonyl (C=O) groups excluding carboxylic acids is 2. The highest BCUT2D eigenvalue weighted by Gasteiger charge is 2.31.